The van der Waals surface area contributed by atoms with Crippen LogP contribution in [0.1, 0.15) is 26.3 Å². The maximum Gasteiger partial charge on any atom is 0.418 e. The van der Waals surface area contributed by atoms with Crippen LogP contribution in [-0.2, 0) is 31.4 Å². The van der Waals surface area contributed by atoms with E-state index < -0.39 is 75.4 Å². The molecule has 0 radical (unpaired) electrons. The molecule has 0 fully saturated rings. The number of hydrogen-bond acceptors (Lipinski definition) is 4. The predicted octanol–water partition coefficient (Wildman–Crippen LogP) is 3.48. The van der Waals surface area contributed by atoms with Crippen molar-refractivity contribution in [3.8, 4) is 0 Å². The predicted molar refractivity (Wildman–Crippen MR) is 125 cm³/mol. The lowest BCUT2D eigenvalue weighted by molar-refractivity contribution is -0.137. The van der Waals surface area contributed by atoms with Crippen LogP contribution in [0, 0.1) is 5.82 Å². The fourth-order valence-electron chi connectivity index (χ4n) is 3.00. The molecule has 0 aromatic heterocycles. The second-order valence-corrected chi connectivity index (χ2v) is 10.0. The van der Waals surface area contributed by atoms with Crippen molar-refractivity contribution in [3.63, 3.8) is 0 Å². The van der Waals surface area contributed by atoms with Gasteiger partial charge in [-0.2, -0.15) is 13.2 Å². The molecule has 0 bridgehead atoms. The number of rotatable bonds is 8. The van der Waals surface area contributed by atoms with Gasteiger partial charge >= 0.3 is 6.18 Å². The molecule has 2 N–H and O–H groups in total. The summed E-state index contributed by atoms with van der Waals surface area (Å²) in [5.74, 6) is -4.44. The number of hydrogen-bond donors (Lipinski definition) is 2. The Labute approximate surface area is 202 Å². The molecule has 2 aromatic rings. The quantitative estimate of drug-likeness (QED) is 0.527. The molecule has 7 nitrogen and oxygen atoms in total. The number of carbonyl (C=O) groups is 3. The molecule has 0 aliphatic rings. The van der Waals surface area contributed by atoms with Crippen molar-refractivity contribution < 1.29 is 36.2 Å². The first kappa shape index (κ1) is 28.0. The first-order valence-corrected chi connectivity index (χ1v) is 11.8. The first-order chi connectivity index (χ1) is 16.2. The van der Waals surface area contributed by atoms with Gasteiger partial charge in [0.2, 0.25) is 17.7 Å². The van der Waals surface area contributed by atoms with Crippen molar-refractivity contribution >= 4 is 39.9 Å². The van der Waals surface area contributed by atoms with E-state index in [0.29, 0.717) is 4.90 Å². The van der Waals surface area contributed by atoms with Gasteiger partial charge in [0.25, 0.3) is 0 Å². The molecule has 0 unspecified atom stereocenters. The molecule has 190 valence electrons. The Kier molecular flexibility index (Phi) is 9.13. The molecular weight excluding hydrogens is 490 g/mol. The number of alkyl halides is 3. The van der Waals surface area contributed by atoms with E-state index in [2.05, 4.69) is 10.6 Å². The zero-order valence-electron chi connectivity index (χ0n) is 19.2. The van der Waals surface area contributed by atoms with E-state index in [1.807, 2.05) is 0 Å². The summed E-state index contributed by atoms with van der Waals surface area (Å²) in [5.41, 5.74) is -2.19. The summed E-state index contributed by atoms with van der Waals surface area (Å²) < 4.78 is 66.2. The second-order valence-electron chi connectivity index (χ2n) is 8.58. The molecule has 0 aliphatic heterocycles. The number of benzene rings is 2. The summed E-state index contributed by atoms with van der Waals surface area (Å²) >= 11 is 0. The summed E-state index contributed by atoms with van der Waals surface area (Å²) in [6.45, 7) is 4.24. The minimum Gasteiger partial charge on any atom is -0.350 e. The van der Waals surface area contributed by atoms with Gasteiger partial charge in [0.1, 0.15) is 23.9 Å². The van der Waals surface area contributed by atoms with Gasteiger partial charge in [0.05, 0.1) is 11.3 Å². The van der Waals surface area contributed by atoms with Gasteiger partial charge in [-0.1, -0.05) is 12.1 Å². The van der Waals surface area contributed by atoms with Crippen molar-refractivity contribution in [2.24, 2.45) is 0 Å². The molecule has 2 aromatic carbocycles. The van der Waals surface area contributed by atoms with Crippen LogP contribution in [0.2, 0.25) is 0 Å². The van der Waals surface area contributed by atoms with E-state index in [1.165, 1.54) is 18.2 Å². The number of anilines is 2. The highest BCUT2D eigenvalue weighted by molar-refractivity contribution is 7.86. The van der Waals surface area contributed by atoms with Crippen LogP contribution in [0.5, 0.6) is 0 Å². The fourth-order valence-corrected chi connectivity index (χ4v) is 3.90. The molecule has 0 heterocycles. The highest BCUT2D eigenvalue weighted by Gasteiger charge is 2.36. The van der Waals surface area contributed by atoms with E-state index in [-0.39, 0.29) is 5.69 Å². The number of halogens is 4. The van der Waals surface area contributed by atoms with Crippen LogP contribution < -0.4 is 15.5 Å². The van der Waals surface area contributed by atoms with E-state index in [1.54, 1.807) is 20.8 Å². The van der Waals surface area contributed by atoms with Crippen LogP contribution >= 0.6 is 0 Å². The first-order valence-electron chi connectivity index (χ1n) is 10.3. The van der Waals surface area contributed by atoms with Crippen molar-refractivity contribution in [1.29, 1.82) is 0 Å². The number of nitrogens with one attached hydrogen (secondary N) is 2. The molecular formula is C23H25F4N3O4S. The topological polar surface area (TPSA) is 95.6 Å². The van der Waals surface area contributed by atoms with E-state index >= 15 is 0 Å². The highest BCUT2D eigenvalue weighted by atomic mass is 32.2. The van der Waals surface area contributed by atoms with Gasteiger partial charge in [-0.15, -0.1) is 0 Å². The lowest BCUT2D eigenvalue weighted by Gasteiger charge is -2.28. The average Bonchev–Trinajstić information content (AvgIpc) is 2.71. The van der Waals surface area contributed by atoms with Crippen LogP contribution in [0.15, 0.2) is 48.5 Å². The minimum absolute atomic E-state index is 0.235. The van der Waals surface area contributed by atoms with Gasteiger partial charge in [0, 0.05) is 22.0 Å². The highest BCUT2D eigenvalue weighted by Crippen LogP contribution is 2.36. The molecule has 1 atom stereocenters. The van der Waals surface area contributed by atoms with Gasteiger partial charge in [-0.3, -0.25) is 18.6 Å². The molecule has 0 aliphatic carbocycles. The molecule has 3 amide bonds. The van der Waals surface area contributed by atoms with E-state index in [4.69, 9.17) is 0 Å². The van der Waals surface area contributed by atoms with Gasteiger partial charge in [-0.25, -0.2) is 4.39 Å². The van der Waals surface area contributed by atoms with Crippen molar-refractivity contribution in [2.75, 3.05) is 28.3 Å². The summed E-state index contributed by atoms with van der Waals surface area (Å²) in [6.07, 6.45) is -4.82. The molecule has 0 saturated heterocycles. The fraction of sp³-hybridized carbons (Fsp3) is 0.348. The summed E-state index contributed by atoms with van der Waals surface area (Å²) in [6, 6.07) is 9.00. The smallest absolute Gasteiger partial charge is 0.350 e. The maximum absolute atomic E-state index is 13.6. The molecule has 2 rings (SSSR count). The summed E-state index contributed by atoms with van der Waals surface area (Å²) in [5, 5.41) is 4.95. The minimum atomic E-state index is -4.82. The second kappa shape index (κ2) is 11.4. The standard InChI is InChI=1S/C23H25F4N3O4S/c1-22(2,3)29-19(31)12-30(18-7-5-4-6-17(18)23(25,26)27)21(33)14-35(34)13-20(32)28-16-10-8-15(24)9-11-16/h4-11H,12-14H2,1-3H3,(H,28,32)(H,29,31)/t35-/m1/s1. The number of para-hydroxylation sites is 1. The number of carbonyl (C=O) groups excluding carboxylic acids is 3. The Morgan fingerprint density at radius 3 is 2.09 bits per heavy atom. The van der Waals surface area contributed by atoms with Crippen molar-refractivity contribution in [2.45, 2.75) is 32.5 Å². The number of nitrogens with zero attached hydrogens (tertiary/aromatic N) is 1. The molecule has 0 saturated carbocycles. The molecule has 0 spiro atoms. The average molecular weight is 516 g/mol. The largest absolute Gasteiger partial charge is 0.418 e. The zero-order chi connectivity index (χ0) is 26.4. The molecule has 12 heteroatoms. The maximum atomic E-state index is 13.6. The Hall–Kier alpha value is -3.28. The van der Waals surface area contributed by atoms with Crippen LogP contribution in [0.25, 0.3) is 0 Å². The van der Waals surface area contributed by atoms with E-state index in [0.717, 1.165) is 30.3 Å². The Morgan fingerprint density at radius 1 is 0.914 bits per heavy atom. The van der Waals surface area contributed by atoms with Crippen molar-refractivity contribution in [1.82, 2.24) is 5.32 Å². The van der Waals surface area contributed by atoms with Gasteiger partial charge in [-0.05, 0) is 57.2 Å². The summed E-state index contributed by atoms with van der Waals surface area (Å²) in [4.78, 5) is 38.1. The monoisotopic (exact) mass is 515 g/mol. The Balaban J connectivity index is 2.20. The summed E-state index contributed by atoms with van der Waals surface area (Å²) in [7, 11) is -2.10. The number of amides is 3. The van der Waals surface area contributed by atoms with Crippen LogP contribution in [0.3, 0.4) is 0 Å². The van der Waals surface area contributed by atoms with Crippen molar-refractivity contribution in [3.05, 3.63) is 59.9 Å². The van der Waals surface area contributed by atoms with Crippen LogP contribution in [0.4, 0.5) is 28.9 Å². The van der Waals surface area contributed by atoms with Crippen LogP contribution in [-0.4, -0.2) is 45.5 Å². The third-order valence-corrected chi connectivity index (χ3v) is 5.48. The lowest BCUT2D eigenvalue weighted by atomic mass is 10.1. The third-order valence-electron chi connectivity index (χ3n) is 4.32. The normalized spacial score (nSPS) is 12.5. The van der Waals surface area contributed by atoms with E-state index in [9.17, 15) is 36.2 Å². The molecule has 35 heavy (non-hydrogen) atoms. The third kappa shape index (κ3) is 9.12. The zero-order valence-corrected chi connectivity index (χ0v) is 20.1. The van der Waals surface area contributed by atoms with Gasteiger partial charge < -0.3 is 15.5 Å². The Bertz CT molecular complexity index is 1100. The van der Waals surface area contributed by atoms with Gasteiger partial charge in [0.15, 0.2) is 0 Å². The SMILES string of the molecule is CC(C)(C)NC(=O)CN(C(=O)C[S@](=O)CC(=O)Nc1ccc(F)cc1)c1ccccc1C(F)(F)F. The lowest BCUT2D eigenvalue weighted by Crippen LogP contribution is -2.48. The Morgan fingerprint density at radius 2 is 1.51 bits per heavy atom.